The SMILES string of the molecule is CC/C=C\C/C=C\C/C=C\C/C=C\C/C=C\CCOCC(COC1OC(CO)C(O)C(OS(=O)(=O)O)C1O)OC(=O)CCCCCCCCCCCC. The van der Waals surface area contributed by atoms with E-state index in [0.717, 1.165) is 51.4 Å². The molecule has 4 N–H and O–H groups in total. The van der Waals surface area contributed by atoms with Gasteiger partial charge >= 0.3 is 16.4 Å². The van der Waals surface area contributed by atoms with Crippen molar-refractivity contribution < 1.29 is 56.2 Å². The first kappa shape index (κ1) is 48.8. The fourth-order valence-electron chi connectivity index (χ4n) is 5.50. The molecular formula is C40H68O12S. The van der Waals surface area contributed by atoms with Gasteiger partial charge in [0, 0.05) is 6.42 Å². The molecule has 6 atom stereocenters. The van der Waals surface area contributed by atoms with Crippen LogP contribution in [0.25, 0.3) is 0 Å². The van der Waals surface area contributed by atoms with Crippen LogP contribution in [0.5, 0.6) is 0 Å². The van der Waals surface area contributed by atoms with Gasteiger partial charge in [0.1, 0.15) is 30.5 Å². The summed E-state index contributed by atoms with van der Waals surface area (Å²) in [5.41, 5.74) is 0. The lowest BCUT2D eigenvalue weighted by Crippen LogP contribution is -2.60. The van der Waals surface area contributed by atoms with Crippen LogP contribution in [0.3, 0.4) is 0 Å². The molecule has 13 heteroatoms. The van der Waals surface area contributed by atoms with Gasteiger partial charge in [-0.3, -0.25) is 9.35 Å². The Morgan fingerprint density at radius 1 is 0.736 bits per heavy atom. The fraction of sp³-hybridized carbons (Fsp3) is 0.725. The zero-order valence-corrected chi connectivity index (χ0v) is 32.9. The number of aliphatic hydroxyl groups is 3. The summed E-state index contributed by atoms with van der Waals surface area (Å²) in [7, 11) is -5.07. The Hall–Kier alpha value is -2.20. The Kier molecular flexibility index (Phi) is 29.6. The van der Waals surface area contributed by atoms with Gasteiger partial charge in [-0.1, -0.05) is 132 Å². The van der Waals surface area contributed by atoms with Crippen LogP contribution in [-0.4, -0.2) is 97.5 Å². The third-order valence-electron chi connectivity index (χ3n) is 8.42. The van der Waals surface area contributed by atoms with Gasteiger partial charge in [0.05, 0.1) is 26.4 Å². The zero-order valence-electron chi connectivity index (χ0n) is 32.0. The van der Waals surface area contributed by atoms with E-state index < -0.39 is 59.8 Å². The molecule has 1 rings (SSSR count). The minimum absolute atomic E-state index is 0.0195. The largest absolute Gasteiger partial charge is 0.457 e. The van der Waals surface area contributed by atoms with E-state index in [0.29, 0.717) is 19.4 Å². The summed E-state index contributed by atoms with van der Waals surface area (Å²) in [4.78, 5) is 12.7. The molecule has 1 heterocycles. The van der Waals surface area contributed by atoms with E-state index >= 15 is 0 Å². The van der Waals surface area contributed by atoms with E-state index in [1.165, 1.54) is 38.5 Å². The van der Waals surface area contributed by atoms with Gasteiger partial charge in [0.15, 0.2) is 6.29 Å². The fourth-order valence-corrected chi connectivity index (χ4v) is 6.01. The second-order valence-electron chi connectivity index (χ2n) is 13.1. The molecule has 0 spiro atoms. The topological polar surface area (TPSA) is 178 Å². The lowest BCUT2D eigenvalue weighted by atomic mass is 9.99. The van der Waals surface area contributed by atoms with E-state index in [1.54, 1.807) is 0 Å². The van der Waals surface area contributed by atoms with Gasteiger partial charge in [-0.05, 0) is 44.9 Å². The molecule has 1 aliphatic rings. The van der Waals surface area contributed by atoms with Crippen LogP contribution in [0.15, 0.2) is 60.8 Å². The van der Waals surface area contributed by atoms with Crippen molar-refractivity contribution >= 4 is 16.4 Å². The zero-order chi connectivity index (χ0) is 39.0. The molecule has 0 aromatic carbocycles. The lowest BCUT2D eigenvalue weighted by molar-refractivity contribution is -0.301. The van der Waals surface area contributed by atoms with Crippen molar-refractivity contribution in [3.8, 4) is 0 Å². The van der Waals surface area contributed by atoms with E-state index in [1.807, 2.05) is 12.2 Å². The predicted octanol–water partition coefficient (Wildman–Crippen LogP) is 7.01. The molecule has 0 bridgehead atoms. The minimum atomic E-state index is -5.07. The Bertz CT molecular complexity index is 1170. The van der Waals surface area contributed by atoms with Crippen LogP contribution in [0.2, 0.25) is 0 Å². The van der Waals surface area contributed by atoms with Gasteiger partial charge in [-0.25, -0.2) is 4.18 Å². The van der Waals surface area contributed by atoms with E-state index in [9.17, 15) is 28.5 Å². The van der Waals surface area contributed by atoms with Crippen molar-refractivity contribution in [1.82, 2.24) is 0 Å². The highest BCUT2D eigenvalue weighted by Gasteiger charge is 2.48. The average molecular weight is 773 g/mol. The summed E-state index contributed by atoms with van der Waals surface area (Å²) in [5.74, 6) is -0.430. The monoisotopic (exact) mass is 772 g/mol. The summed E-state index contributed by atoms with van der Waals surface area (Å²) in [6.07, 6.45) is 28.6. The first-order valence-corrected chi connectivity index (χ1v) is 20.9. The number of unbranched alkanes of at least 4 members (excludes halogenated alkanes) is 9. The number of carbonyl (C=O) groups is 1. The highest BCUT2D eigenvalue weighted by molar-refractivity contribution is 7.80. The number of allylic oxidation sites excluding steroid dienone is 9. The standard InChI is InChI=1S/C40H68O12S/c1-3-5-7-9-11-13-15-16-17-18-19-20-22-24-26-28-30-48-32-34(50-36(42)29-27-25-23-21-14-12-10-8-6-4-2)33-49-40-38(44)39(52-53(45,46)47)37(43)35(31-41)51-40/h5,7,11,13,16-17,19-20,24,26,34-35,37-41,43-44H,3-4,6,8-10,12,14-15,18,21-23,25,27-33H2,1-2H3,(H,45,46,47)/b7-5-,13-11-,17-16-,20-19-,26-24-. The molecule has 0 aliphatic carbocycles. The van der Waals surface area contributed by atoms with Crippen LogP contribution >= 0.6 is 0 Å². The van der Waals surface area contributed by atoms with Gasteiger partial charge in [0.25, 0.3) is 0 Å². The van der Waals surface area contributed by atoms with Crippen molar-refractivity contribution in [3.63, 3.8) is 0 Å². The number of ether oxygens (including phenoxy) is 4. The summed E-state index contributed by atoms with van der Waals surface area (Å²) in [6.45, 7) is 3.60. The van der Waals surface area contributed by atoms with Crippen molar-refractivity contribution in [3.05, 3.63) is 60.8 Å². The summed E-state index contributed by atoms with van der Waals surface area (Å²) in [5, 5.41) is 30.5. The molecule has 0 aromatic rings. The summed E-state index contributed by atoms with van der Waals surface area (Å²) in [6, 6.07) is 0. The third-order valence-corrected chi connectivity index (χ3v) is 8.89. The number of carbonyl (C=O) groups excluding carboxylic acids is 1. The van der Waals surface area contributed by atoms with Crippen molar-refractivity contribution in [2.24, 2.45) is 0 Å². The molecule has 53 heavy (non-hydrogen) atoms. The summed E-state index contributed by atoms with van der Waals surface area (Å²) >= 11 is 0. The van der Waals surface area contributed by atoms with Gasteiger partial charge in [-0.15, -0.1) is 0 Å². The highest BCUT2D eigenvalue weighted by Crippen LogP contribution is 2.26. The molecule has 1 fully saturated rings. The van der Waals surface area contributed by atoms with Crippen LogP contribution in [0, 0.1) is 0 Å². The van der Waals surface area contributed by atoms with Crippen molar-refractivity contribution in [2.75, 3.05) is 26.4 Å². The van der Waals surface area contributed by atoms with Crippen molar-refractivity contribution in [2.45, 2.75) is 160 Å². The molecule has 1 aliphatic heterocycles. The Balaban J connectivity index is 2.56. The maximum absolute atomic E-state index is 12.7. The van der Waals surface area contributed by atoms with Crippen LogP contribution < -0.4 is 0 Å². The van der Waals surface area contributed by atoms with Crippen molar-refractivity contribution in [1.29, 1.82) is 0 Å². The van der Waals surface area contributed by atoms with Crippen LogP contribution in [-0.2, 0) is 38.3 Å². The highest BCUT2D eigenvalue weighted by atomic mass is 32.3. The number of esters is 1. The van der Waals surface area contributed by atoms with Gasteiger partial charge < -0.3 is 34.3 Å². The number of aliphatic hydroxyl groups excluding tert-OH is 3. The second-order valence-corrected chi connectivity index (χ2v) is 14.2. The molecule has 6 unspecified atom stereocenters. The maximum Gasteiger partial charge on any atom is 0.397 e. The maximum atomic E-state index is 12.7. The molecule has 0 saturated carbocycles. The normalized spacial score (nSPS) is 22.0. The first-order chi connectivity index (χ1) is 25.6. The average Bonchev–Trinajstić information content (AvgIpc) is 3.12. The van der Waals surface area contributed by atoms with Crippen LogP contribution in [0.4, 0.5) is 0 Å². The third kappa shape index (κ3) is 26.3. The molecule has 0 aromatic heterocycles. The quantitative estimate of drug-likeness (QED) is 0.0238. The predicted molar refractivity (Wildman–Crippen MR) is 206 cm³/mol. The molecule has 306 valence electrons. The minimum Gasteiger partial charge on any atom is -0.457 e. The molecule has 0 amide bonds. The number of hydrogen-bond acceptors (Lipinski definition) is 11. The van der Waals surface area contributed by atoms with Crippen LogP contribution in [0.1, 0.15) is 123 Å². The molecular weight excluding hydrogens is 704 g/mol. The lowest BCUT2D eigenvalue weighted by Gasteiger charge is -2.41. The second kappa shape index (κ2) is 32.1. The molecule has 1 saturated heterocycles. The Morgan fingerprint density at radius 2 is 1.26 bits per heavy atom. The van der Waals surface area contributed by atoms with E-state index in [-0.39, 0.29) is 19.6 Å². The smallest absolute Gasteiger partial charge is 0.397 e. The van der Waals surface area contributed by atoms with Gasteiger partial charge in [0.2, 0.25) is 0 Å². The Labute approximate surface area is 318 Å². The van der Waals surface area contributed by atoms with E-state index in [4.69, 9.17) is 23.5 Å². The summed E-state index contributed by atoms with van der Waals surface area (Å²) < 4.78 is 58.6. The van der Waals surface area contributed by atoms with E-state index in [2.05, 4.69) is 66.6 Å². The number of hydrogen-bond donors (Lipinski definition) is 4. The first-order valence-electron chi connectivity index (χ1n) is 19.5. The number of rotatable bonds is 32. The van der Waals surface area contributed by atoms with Gasteiger partial charge in [-0.2, -0.15) is 8.42 Å². The molecule has 0 radical (unpaired) electrons. The molecule has 12 nitrogen and oxygen atoms in total. The Morgan fingerprint density at radius 3 is 1.79 bits per heavy atom.